The molecule has 0 saturated carbocycles. The quantitative estimate of drug-likeness (QED) is 0.671. The first-order valence-corrected chi connectivity index (χ1v) is 6.75. The van der Waals surface area contributed by atoms with Crippen LogP contribution in [-0.2, 0) is 6.61 Å². The van der Waals surface area contributed by atoms with Gasteiger partial charge in [0.05, 0.1) is 19.3 Å². The molecule has 4 heteroatoms. The number of nitrogens with one attached hydrogen (secondary N) is 1. The summed E-state index contributed by atoms with van der Waals surface area (Å²) < 4.78 is 5.84. The van der Waals surface area contributed by atoms with Crippen LogP contribution in [0.25, 0.3) is 0 Å². The highest BCUT2D eigenvalue weighted by molar-refractivity contribution is 5.28. The third-order valence-electron chi connectivity index (χ3n) is 3.11. The Kier molecular flexibility index (Phi) is 6.28. The maximum Gasteiger partial charge on any atom is 0.120 e. The van der Waals surface area contributed by atoms with Gasteiger partial charge in [0.1, 0.15) is 5.75 Å². The summed E-state index contributed by atoms with van der Waals surface area (Å²) in [4.78, 5) is 0. The Morgan fingerprint density at radius 3 is 2.68 bits per heavy atom. The summed E-state index contributed by atoms with van der Waals surface area (Å²) in [7, 11) is 0. The minimum absolute atomic E-state index is 0.0112. The lowest BCUT2D eigenvalue weighted by Gasteiger charge is -2.31. The molecule has 0 aliphatic rings. The van der Waals surface area contributed by atoms with Crippen LogP contribution in [0.15, 0.2) is 24.3 Å². The van der Waals surface area contributed by atoms with Crippen LogP contribution in [0.5, 0.6) is 5.75 Å². The standard InChI is InChI=1S/C15H25NO3/c1-4-16-15(3,11-18)9-12(2)19-14-7-5-6-13(8-14)10-17/h5-8,12,16-18H,4,9-11H2,1-3H3. The molecule has 0 heterocycles. The molecule has 2 atom stereocenters. The molecule has 1 aromatic carbocycles. The van der Waals surface area contributed by atoms with Crippen LogP contribution in [0.4, 0.5) is 0 Å². The first-order valence-electron chi connectivity index (χ1n) is 6.75. The van der Waals surface area contributed by atoms with Crippen molar-refractivity contribution in [3.63, 3.8) is 0 Å². The van der Waals surface area contributed by atoms with E-state index in [-0.39, 0.29) is 24.9 Å². The largest absolute Gasteiger partial charge is 0.491 e. The van der Waals surface area contributed by atoms with Crippen molar-refractivity contribution in [1.29, 1.82) is 0 Å². The molecule has 1 rings (SSSR count). The van der Waals surface area contributed by atoms with Crippen LogP contribution in [0.1, 0.15) is 32.8 Å². The Labute approximate surface area is 115 Å². The fraction of sp³-hybridized carbons (Fsp3) is 0.600. The summed E-state index contributed by atoms with van der Waals surface area (Å²) in [5.74, 6) is 0.746. The maximum atomic E-state index is 9.46. The Balaban J connectivity index is 2.60. The molecule has 0 bridgehead atoms. The molecule has 0 aliphatic heterocycles. The molecule has 0 saturated heterocycles. The van der Waals surface area contributed by atoms with Gasteiger partial charge in [0, 0.05) is 12.0 Å². The third-order valence-corrected chi connectivity index (χ3v) is 3.11. The van der Waals surface area contributed by atoms with Crippen molar-refractivity contribution < 1.29 is 14.9 Å². The highest BCUT2D eigenvalue weighted by atomic mass is 16.5. The molecular weight excluding hydrogens is 242 g/mol. The van der Waals surface area contributed by atoms with E-state index < -0.39 is 0 Å². The summed E-state index contributed by atoms with van der Waals surface area (Å²) in [6.45, 7) is 6.88. The number of rotatable bonds is 8. The normalized spacial score (nSPS) is 15.8. The molecule has 19 heavy (non-hydrogen) atoms. The van der Waals surface area contributed by atoms with Gasteiger partial charge in [-0.2, -0.15) is 0 Å². The topological polar surface area (TPSA) is 61.7 Å². The van der Waals surface area contributed by atoms with E-state index in [0.29, 0.717) is 6.42 Å². The Hall–Kier alpha value is -1.10. The van der Waals surface area contributed by atoms with E-state index >= 15 is 0 Å². The van der Waals surface area contributed by atoms with Crippen molar-refractivity contribution >= 4 is 0 Å². The molecular formula is C15H25NO3. The zero-order valence-corrected chi connectivity index (χ0v) is 12.0. The molecule has 3 N–H and O–H groups in total. The number of hydrogen-bond donors (Lipinski definition) is 3. The van der Waals surface area contributed by atoms with Crippen molar-refractivity contribution in [2.24, 2.45) is 0 Å². The molecule has 0 aromatic heterocycles. The molecule has 4 nitrogen and oxygen atoms in total. The maximum absolute atomic E-state index is 9.46. The molecule has 0 spiro atoms. The molecule has 1 aromatic rings. The monoisotopic (exact) mass is 267 g/mol. The summed E-state index contributed by atoms with van der Waals surface area (Å²) in [6.07, 6.45) is 0.686. The number of benzene rings is 1. The second-order valence-electron chi connectivity index (χ2n) is 5.19. The third kappa shape index (κ3) is 5.19. The molecule has 0 fully saturated rings. The Bertz CT molecular complexity index is 383. The highest BCUT2D eigenvalue weighted by Crippen LogP contribution is 2.19. The van der Waals surface area contributed by atoms with Crippen molar-refractivity contribution in [3.05, 3.63) is 29.8 Å². The average Bonchev–Trinajstić information content (AvgIpc) is 2.39. The van der Waals surface area contributed by atoms with Gasteiger partial charge in [-0.3, -0.25) is 0 Å². The zero-order chi connectivity index (χ0) is 14.3. The lowest BCUT2D eigenvalue weighted by atomic mass is 9.95. The molecule has 0 aliphatic carbocycles. The van der Waals surface area contributed by atoms with Crippen LogP contribution in [0.2, 0.25) is 0 Å². The Morgan fingerprint density at radius 2 is 2.11 bits per heavy atom. The van der Waals surface area contributed by atoms with Crippen LogP contribution >= 0.6 is 0 Å². The van der Waals surface area contributed by atoms with Crippen LogP contribution in [0, 0.1) is 0 Å². The molecule has 108 valence electrons. The van der Waals surface area contributed by atoms with Crippen LogP contribution in [0.3, 0.4) is 0 Å². The summed E-state index contributed by atoms with van der Waals surface area (Å²) in [5.41, 5.74) is 0.504. The van der Waals surface area contributed by atoms with Gasteiger partial charge in [-0.05, 0) is 38.1 Å². The predicted octanol–water partition coefficient (Wildman–Crippen LogP) is 1.70. The zero-order valence-electron chi connectivity index (χ0n) is 12.0. The van der Waals surface area contributed by atoms with Gasteiger partial charge in [-0.15, -0.1) is 0 Å². The number of aliphatic hydroxyl groups is 2. The Morgan fingerprint density at radius 1 is 1.37 bits per heavy atom. The van der Waals surface area contributed by atoms with Crippen molar-refractivity contribution in [3.8, 4) is 5.75 Å². The summed E-state index contributed by atoms with van der Waals surface area (Å²) in [6, 6.07) is 7.43. The second-order valence-corrected chi connectivity index (χ2v) is 5.19. The lowest BCUT2D eigenvalue weighted by Crippen LogP contribution is -2.48. The van der Waals surface area contributed by atoms with Gasteiger partial charge in [0.2, 0.25) is 0 Å². The minimum atomic E-state index is -0.331. The number of hydrogen-bond acceptors (Lipinski definition) is 4. The number of ether oxygens (including phenoxy) is 1. The second kappa shape index (κ2) is 7.48. The van der Waals surface area contributed by atoms with E-state index in [1.54, 1.807) is 0 Å². The first kappa shape index (κ1) is 16.0. The fourth-order valence-electron chi connectivity index (χ4n) is 2.24. The lowest BCUT2D eigenvalue weighted by molar-refractivity contribution is 0.111. The first-order chi connectivity index (χ1) is 9.03. The van der Waals surface area contributed by atoms with Gasteiger partial charge in [-0.25, -0.2) is 0 Å². The van der Waals surface area contributed by atoms with Gasteiger partial charge in [0.15, 0.2) is 0 Å². The van der Waals surface area contributed by atoms with E-state index in [4.69, 9.17) is 9.84 Å². The SMILES string of the molecule is CCNC(C)(CO)CC(C)Oc1cccc(CO)c1. The van der Waals surface area contributed by atoms with Gasteiger partial charge < -0.3 is 20.3 Å². The van der Waals surface area contributed by atoms with Crippen LogP contribution in [-0.4, -0.2) is 35.0 Å². The fourth-order valence-corrected chi connectivity index (χ4v) is 2.24. The van der Waals surface area contributed by atoms with E-state index in [2.05, 4.69) is 5.32 Å². The number of aliphatic hydroxyl groups excluding tert-OH is 2. The average molecular weight is 267 g/mol. The summed E-state index contributed by atoms with van der Waals surface area (Å²) >= 11 is 0. The molecule has 2 unspecified atom stereocenters. The highest BCUT2D eigenvalue weighted by Gasteiger charge is 2.25. The van der Waals surface area contributed by atoms with E-state index in [9.17, 15) is 5.11 Å². The minimum Gasteiger partial charge on any atom is -0.491 e. The van der Waals surface area contributed by atoms with Crippen LogP contribution < -0.4 is 10.1 Å². The van der Waals surface area contributed by atoms with Gasteiger partial charge in [0.25, 0.3) is 0 Å². The van der Waals surface area contributed by atoms with Gasteiger partial charge in [-0.1, -0.05) is 19.1 Å². The smallest absolute Gasteiger partial charge is 0.120 e. The van der Waals surface area contributed by atoms with Crippen molar-refractivity contribution in [2.45, 2.75) is 45.4 Å². The predicted molar refractivity (Wildman–Crippen MR) is 76.2 cm³/mol. The number of likely N-dealkylation sites (N-methyl/N-ethyl adjacent to an activating group) is 1. The van der Waals surface area contributed by atoms with E-state index in [0.717, 1.165) is 17.9 Å². The molecule has 0 amide bonds. The van der Waals surface area contributed by atoms with E-state index in [1.807, 2.05) is 45.0 Å². The van der Waals surface area contributed by atoms with Gasteiger partial charge >= 0.3 is 0 Å². The summed E-state index contributed by atoms with van der Waals surface area (Å²) in [5, 5.41) is 21.8. The van der Waals surface area contributed by atoms with Crippen molar-refractivity contribution in [1.82, 2.24) is 5.32 Å². The van der Waals surface area contributed by atoms with E-state index in [1.165, 1.54) is 0 Å². The van der Waals surface area contributed by atoms with Crippen molar-refractivity contribution in [2.75, 3.05) is 13.2 Å². The molecule has 0 radical (unpaired) electrons.